The second kappa shape index (κ2) is 8.74. The Kier molecular flexibility index (Phi) is 5.66. The van der Waals surface area contributed by atoms with Gasteiger partial charge in [-0.15, -0.1) is 10.2 Å². The lowest BCUT2D eigenvalue weighted by Crippen LogP contribution is -2.63. The first-order valence-electron chi connectivity index (χ1n) is 11.3. The normalized spacial score (nSPS) is 19.8. The number of carbonyl (C=O) groups is 1. The number of amides is 2. The molecule has 0 aliphatic carbocycles. The van der Waals surface area contributed by atoms with Crippen LogP contribution in [0.15, 0.2) is 67.0 Å². The van der Waals surface area contributed by atoms with Gasteiger partial charge in [0.05, 0.1) is 0 Å². The van der Waals surface area contributed by atoms with Crippen molar-refractivity contribution in [3.8, 4) is 0 Å². The summed E-state index contributed by atoms with van der Waals surface area (Å²) in [5, 5.41) is 11.7. The summed E-state index contributed by atoms with van der Waals surface area (Å²) in [6.45, 7) is 4.98. The molecule has 1 atom stereocenters. The van der Waals surface area contributed by atoms with Gasteiger partial charge in [0.2, 0.25) is 0 Å². The summed E-state index contributed by atoms with van der Waals surface area (Å²) < 4.78 is 2.03. The number of nitrogens with zero attached hydrogens (tertiary/aromatic N) is 5. The van der Waals surface area contributed by atoms with Crippen LogP contribution >= 0.6 is 0 Å². The molecule has 3 aromatic rings. The summed E-state index contributed by atoms with van der Waals surface area (Å²) in [5.41, 5.74) is 2.59. The van der Waals surface area contributed by atoms with E-state index >= 15 is 0 Å². The van der Waals surface area contributed by atoms with Gasteiger partial charge >= 0.3 is 6.03 Å². The highest BCUT2D eigenvalue weighted by Gasteiger charge is 2.57. The maximum absolute atomic E-state index is 12.8. The molecule has 2 aliphatic heterocycles. The molecule has 2 saturated heterocycles. The van der Waals surface area contributed by atoms with Gasteiger partial charge in [0.1, 0.15) is 12.2 Å². The predicted octanol–water partition coefficient (Wildman–Crippen LogP) is 2.67. The number of hydrogen-bond donors (Lipinski definition) is 1. The van der Waals surface area contributed by atoms with Crippen LogP contribution in [0.5, 0.6) is 0 Å². The third kappa shape index (κ3) is 4.12. The molecule has 7 nitrogen and oxygen atoms in total. The van der Waals surface area contributed by atoms with E-state index in [1.807, 2.05) is 34.7 Å². The zero-order valence-electron chi connectivity index (χ0n) is 18.5. The lowest BCUT2D eigenvalue weighted by Gasteiger charge is -2.50. The Bertz CT molecular complexity index is 1040. The van der Waals surface area contributed by atoms with Crippen LogP contribution in [0, 0.1) is 5.41 Å². The Labute approximate surface area is 189 Å². The highest BCUT2D eigenvalue weighted by atomic mass is 16.2. The number of hydrogen-bond acceptors (Lipinski definition) is 4. The minimum Gasteiger partial charge on any atom is -0.338 e. The van der Waals surface area contributed by atoms with Gasteiger partial charge in [0.25, 0.3) is 0 Å². The van der Waals surface area contributed by atoms with E-state index in [1.54, 1.807) is 6.33 Å². The van der Waals surface area contributed by atoms with Crippen LogP contribution in [-0.2, 0) is 20.0 Å². The third-order valence-electron chi connectivity index (χ3n) is 6.86. The van der Waals surface area contributed by atoms with Crippen LogP contribution in [0.25, 0.3) is 0 Å². The number of nitrogens with one attached hydrogen (secondary N) is 1. The zero-order valence-corrected chi connectivity index (χ0v) is 18.5. The van der Waals surface area contributed by atoms with Gasteiger partial charge in [-0.05, 0) is 17.5 Å². The Hall–Kier alpha value is -3.19. The van der Waals surface area contributed by atoms with E-state index in [2.05, 4.69) is 62.9 Å². The number of carbonyl (C=O) groups excluding carboxylic acids is 1. The van der Waals surface area contributed by atoms with Gasteiger partial charge in [0, 0.05) is 57.6 Å². The van der Waals surface area contributed by atoms with Crippen molar-refractivity contribution in [1.82, 2.24) is 29.9 Å². The van der Waals surface area contributed by atoms with E-state index < -0.39 is 0 Å². The van der Waals surface area contributed by atoms with Crippen molar-refractivity contribution in [2.24, 2.45) is 12.5 Å². The fourth-order valence-corrected chi connectivity index (χ4v) is 5.25. The molecule has 0 radical (unpaired) electrons. The molecule has 0 bridgehead atoms. The van der Waals surface area contributed by atoms with Crippen molar-refractivity contribution in [1.29, 1.82) is 0 Å². The summed E-state index contributed by atoms with van der Waals surface area (Å²) in [5.74, 6) is 1.29. The molecule has 32 heavy (non-hydrogen) atoms. The van der Waals surface area contributed by atoms with E-state index in [-0.39, 0.29) is 17.4 Å². The molecule has 5 rings (SSSR count). The molecule has 166 valence electrons. The second-order valence-corrected chi connectivity index (χ2v) is 9.19. The van der Waals surface area contributed by atoms with Crippen LogP contribution in [-0.4, -0.2) is 63.3 Å². The maximum Gasteiger partial charge on any atom is 0.317 e. The van der Waals surface area contributed by atoms with E-state index in [0.717, 1.165) is 45.0 Å². The van der Waals surface area contributed by atoms with Crippen molar-refractivity contribution in [2.45, 2.75) is 18.9 Å². The standard InChI is InChI=1S/C25H30N6O/c1-29-19-27-28-23(29)22-15-30(14-21-10-6-3-7-11-21)16-25(22)17-31(18-25)24(32)26-13-12-20-8-4-2-5-9-20/h2-11,19,22H,12-18H2,1H3,(H,26,32). The topological polar surface area (TPSA) is 66.3 Å². The van der Waals surface area contributed by atoms with Crippen LogP contribution in [0.2, 0.25) is 0 Å². The molecule has 2 aromatic carbocycles. The SMILES string of the molecule is Cn1cnnc1C1CN(Cc2ccccc2)CC12CN(C(=O)NCCc1ccccc1)C2. The Balaban J connectivity index is 1.23. The van der Waals surface area contributed by atoms with Crippen molar-refractivity contribution in [3.05, 3.63) is 83.9 Å². The number of aromatic nitrogens is 3. The van der Waals surface area contributed by atoms with Crippen molar-refractivity contribution >= 4 is 6.03 Å². The minimum atomic E-state index is 0.0322. The monoisotopic (exact) mass is 430 g/mol. The highest BCUT2D eigenvalue weighted by Crippen LogP contribution is 2.48. The van der Waals surface area contributed by atoms with E-state index in [0.29, 0.717) is 6.54 Å². The van der Waals surface area contributed by atoms with Crippen LogP contribution in [0.1, 0.15) is 22.9 Å². The molecule has 7 heteroatoms. The van der Waals surface area contributed by atoms with E-state index in [4.69, 9.17) is 0 Å². The highest BCUT2D eigenvalue weighted by molar-refractivity contribution is 5.75. The Morgan fingerprint density at radius 2 is 1.72 bits per heavy atom. The molecule has 1 N–H and O–H groups in total. The van der Waals surface area contributed by atoms with Gasteiger partial charge in [-0.2, -0.15) is 0 Å². The third-order valence-corrected chi connectivity index (χ3v) is 6.86. The lowest BCUT2D eigenvalue weighted by atomic mass is 9.71. The number of urea groups is 1. The smallest absolute Gasteiger partial charge is 0.317 e. The number of rotatable bonds is 6. The fraction of sp³-hybridized carbons (Fsp3) is 0.400. The zero-order chi connectivity index (χ0) is 22.0. The van der Waals surface area contributed by atoms with Gasteiger partial charge in [-0.1, -0.05) is 60.7 Å². The first-order valence-corrected chi connectivity index (χ1v) is 11.3. The summed E-state index contributed by atoms with van der Waals surface area (Å²) in [7, 11) is 2.01. The quantitative estimate of drug-likeness (QED) is 0.653. The van der Waals surface area contributed by atoms with Gasteiger partial charge in [0.15, 0.2) is 0 Å². The summed E-state index contributed by atoms with van der Waals surface area (Å²) in [6.07, 6.45) is 2.62. The van der Waals surface area contributed by atoms with E-state index in [1.165, 1.54) is 11.1 Å². The number of aryl methyl sites for hydroxylation is 1. The van der Waals surface area contributed by atoms with E-state index in [9.17, 15) is 4.79 Å². The minimum absolute atomic E-state index is 0.0322. The predicted molar refractivity (Wildman–Crippen MR) is 123 cm³/mol. The van der Waals surface area contributed by atoms with Gasteiger partial charge in [-0.25, -0.2) is 4.79 Å². The van der Waals surface area contributed by atoms with Crippen LogP contribution in [0.4, 0.5) is 4.79 Å². The van der Waals surface area contributed by atoms with Crippen molar-refractivity contribution in [3.63, 3.8) is 0 Å². The molecule has 2 aliphatic rings. The molecule has 2 fully saturated rings. The Morgan fingerprint density at radius 1 is 1.03 bits per heavy atom. The number of likely N-dealkylation sites (tertiary alicyclic amines) is 2. The number of benzene rings is 2. The van der Waals surface area contributed by atoms with Gasteiger partial charge in [-0.3, -0.25) is 4.90 Å². The molecule has 1 spiro atoms. The molecule has 1 aromatic heterocycles. The molecule has 0 saturated carbocycles. The first-order chi connectivity index (χ1) is 15.6. The van der Waals surface area contributed by atoms with Crippen LogP contribution in [0.3, 0.4) is 0 Å². The lowest BCUT2D eigenvalue weighted by molar-refractivity contribution is 0.0245. The van der Waals surface area contributed by atoms with Crippen molar-refractivity contribution in [2.75, 3.05) is 32.7 Å². The summed E-state index contributed by atoms with van der Waals surface area (Å²) in [4.78, 5) is 17.2. The molecule has 2 amide bonds. The molecular formula is C25H30N6O. The maximum atomic E-state index is 12.8. The average Bonchev–Trinajstić information content (AvgIpc) is 3.37. The first kappa shape index (κ1) is 20.7. The van der Waals surface area contributed by atoms with Crippen molar-refractivity contribution < 1.29 is 4.79 Å². The van der Waals surface area contributed by atoms with Crippen LogP contribution < -0.4 is 5.32 Å². The fourth-order valence-electron chi connectivity index (χ4n) is 5.25. The molecular weight excluding hydrogens is 400 g/mol. The summed E-state index contributed by atoms with van der Waals surface area (Å²) in [6, 6.07) is 20.9. The summed E-state index contributed by atoms with van der Waals surface area (Å²) >= 11 is 0. The average molecular weight is 431 g/mol. The Morgan fingerprint density at radius 3 is 2.38 bits per heavy atom. The molecule has 1 unspecified atom stereocenters. The second-order valence-electron chi connectivity index (χ2n) is 9.19. The largest absolute Gasteiger partial charge is 0.338 e. The van der Waals surface area contributed by atoms with Gasteiger partial charge < -0.3 is 14.8 Å². The molecule has 3 heterocycles.